The molecule has 0 spiro atoms. The normalized spacial score (nSPS) is 15.4. The molecule has 1 N–H and O–H groups in total. The fourth-order valence-corrected chi connectivity index (χ4v) is 5.16. The van der Waals surface area contributed by atoms with Crippen molar-refractivity contribution in [2.24, 2.45) is 0 Å². The van der Waals surface area contributed by atoms with Crippen LogP contribution in [0.2, 0.25) is 0 Å². The molecule has 0 atom stereocenters. The maximum Gasteiger partial charge on any atom is 0.251 e. The van der Waals surface area contributed by atoms with Gasteiger partial charge in [0.1, 0.15) is 5.82 Å². The molecule has 0 aromatic heterocycles. The van der Waals surface area contributed by atoms with E-state index in [-0.39, 0.29) is 17.0 Å². The van der Waals surface area contributed by atoms with Crippen LogP contribution in [-0.4, -0.2) is 31.7 Å². The second-order valence-corrected chi connectivity index (χ2v) is 9.71. The summed E-state index contributed by atoms with van der Waals surface area (Å²) in [5.74, 6) is -0.853. The Labute approximate surface area is 173 Å². The fraction of sp³-hybridized carbons (Fsp3) is 0.350. The van der Waals surface area contributed by atoms with E-state index < -0.39 is 21.7 Å². The zero-order valence-corrected chi connectivity index (χ0v) is 17.9. The van der Waals surface area contributed by atoms with Crippen molar-refractivity contribution in [2.45, 2.75) is 37.6 Å². The Morgan fingerprint density at radius 1 is 1.14 bits per heavy atom. The number of halogens is 2. The zero-order chi connectivity index (χ0) is 20.3. The Balaban J connectivity index is 1.80. The summed E-state index contributed by atoms with van der Waals surface area (Å²) in [6.45, 7) is 2.75. The van der Waals surface area contributed by atoms with Crippen molar-refractivity contribution in [3.05, 3.63) is 63.4 Å². The second-order valence-electron chi connectivity index (χ2n) is 6.86. The van der Waals surface area contributed by atoms with Gasteiger partial charge in [-0.05, 0) is 55.7 Å². The molecule has 2 aromatic carbocycles. The summed E-state index contributed by atoms with van der Waals surface area (Å²) in [6, 6.07) is 9.07. The van der Waals surface area contributed by atoms with Crippen molar-refractivity contribution in [3.63, 3.8) is 0 Å². The third kappa shape index (κ3) is 4.61. The first-order chi connectivity index (χ1) is 13.3. The van der Waals surface area contributed by atoms with Crippen molar-refractivity contribution < 1.29 is 17.6 Å². The quantitative estimate of drug-likeness (QED) is 0.720. The van der Waals surface area contributed by atoms with Crippen LogP contribution in [0.1, 0.15) is 40.7 Å². The number of carbonyl (C=O) groups is 1. The van der Waals surface area contributed by atoms with Crippen LogP contribution in [0.4, 0.5) is 4.39 Å². The summed E-state index contributed by atoms with van der Waals surface area (Å²) in [6.07, 6.45) is 2.72. The molecule has 0 bridgehead atoms. The lowest BCUT2D eigenvalue weighted by molar-refractivity contribution is 0.0949. The highest BCUT2D eigenvalue weighted by Gasteiger charge is 2.27. The minimum absolute atomic E-state index is 0.00660. The van der Waals surface area contributed by atoms with E-state index in [1.54, 1.807) is 25.1 Å². The molecule has 0 saturated carbocycles. The summed E-state index contributed by atoms with van der Waals surface area (Å²) in [4.78, 5) is 12.7. The van der Waals surface area contributed by atoms with Crippen molar-refractivity contribution in [3.8, 4) is 0 Å². The Hall–Kier alpha value is -1.77. The number of amides is 1. The van der Waals surface area contributed by atoms with Gasteiger partial charge in [-0.1, -0.05) is 28.4 Å². The van der Waals surface area contributed by atoms with Crippen LogP contribution < -0.4 is 5.32 Å². The van der Waals surface area contributed by atoms with Crippen LogP contribution in [0.15, 0.2) is 45.8 Å². The highest BCUT2D eigenvalue weighted by atomic mass is 79.9. The molecule has 1 heterocycles. The molecule has 0 unspecified atom stereocenters. The number of sulfonamides is 1. The Morgan fingerprint density at radius 3 is 2.57 bits per heavy atom. The molecule has 1 fully saturated rings. The van der Waals surface area contributed by atoms with E-state index >= 15 is 0 Å². The molecule has 2 aromatic rings. The predicted octanol–water partition coefficient (Wildman–Crippen LogP) is 4.00. The first kappa shape index (κ1) is 21.0. The first-order valence-electron chi connectivity index (χ1n) is 9.12. The maximum absolute atomic E-state index is 13.9. The molecule has 8 heteroatoms. The van der Waals surface area contributed by atoms with Crippen molar-refractivity contribution in [2.75, 3.05) is 13.1 Å². The van der Waals surface area contributed by atoms with Gasteiger partial charge in [0.2, 0.25) is 10.0 Å². The van der Waals surface area contributed by atoms with Crippen molar-refractivity contribution in [1.82, 2.24) is 9.62 Å². The van der Waals surface area contributed by atoms with Gasteiger partial charge in [0.15, 0.2) is 0 Å². The van der Waals surface area contributed by atoms with E-state index in [4.69, 9.17) is 0 Å². The smallest absolute Gasteiger partial charge is 0.251 e. The number of piperidine rings is 1. The van der Waals surface area contributed by atoms with Gasteiger partial charge in [-0.15, -0.1) is 0 Å². The third-order valence-corrected chi connectivity index (χ3v) is 7.24. The SMILES string of the molecule is Cc1ccc(S(=O)(=O)N2CCCCC2)cc1C(=O)NCc1cc(Br)ccc1F. The molecule has 5 nitrogen and oxygen atoms in total. The van der Waals surface area contributed by atoms with Crippen molar-refractivity contribution in [1.29, 1.82) is 0 Å². The van der Waals surface area contributed by atoms with E-state index in [0.29, 0.717) is 28.7 Å². The molecular weight excluding hydrogens is 447 g/mol. The number of carbonyl (C=O) groups excluding carboxylic acids is 1. The second kappa shape index (κ2) is 8.71. The Kier molecular flexibility index (Phi) is 6.52. The van der Waals surface area contributed by atoms with Crippen LogP contribution in [-0.2, 0) is 16.6 Å². The number of hydrogen-bond donors (Lipinski definition) is 1. The summed E-state index contributed by atoms with van der Waals surface area (Å²) < 4.78 is 41.8. The maximum atomic E-state index is 13.9. The molecule has 150 valence electrons. The van der Waals surface area contributed by atoms with Gasteiger partial charge in [0, 0.05) is 35.2 Å². The van der Waals surface area contributed by atoms with Gasteiger partial charge in [-0.2, -0.15) is 4.31 Å². The number of hydrogen-bond acceptors (Lipinski definition) is 3. The van der Waals surface area contributed by atoms with Gasteiger partial charge >= 0.3 is 0 Å². The van der Waals surface area contributed by atoms with Gasteiger partial charge in [0.25, 0.3) is 5.91 Å². The average Bonchev–Trinajstić information content (AvgIpc) is 2.69. The molecule has 1 aliphatic rings. The monoisotopic (exact) mass is 468 g/mol. The molecule has 1 amide bonds. The lowest BCUT2D eigenvalue weighted by Crippen LogP contribution is -2.35. The minimum Gasteiger partial charge on any atom is -0.348 e. The molecule has 1 saturated heterocycles. The Bertz CT molecular complexity index is 989. The first-order valence-corrected chi connectivity index (χ1v) is 11.4. The van der Waals surface area contributed by atoms with E-state index in [1.807, 2.05) is 0 Å². The predicted molar refractivity (Wildman–Crippen MR) is 109 cm³/mol. The van der Waals surface area contributed by atoms with E-state index in [2.05, 4.69) is 21.2 Å². The largest absolute Gasteiger partial charge is 0.348 e. The van der Waals surface area contributed by atoms with Crippen molar-refractivity contribution >= 4 is 31.9 Å². The van der Waals surface area contributed by atoms with Gasteiger partial charge in [-0.3, -0.25) is 4.79 Å². The van der Waals surface area contributed by atoms with E-state index in [9.17, 15) is 17.6 Å². The molecular formula is C20H22BrFN2O3S. The van der Waals surface area contributed by atoms with Gasteiger partial charge < -0.3 is 5.32 Å². The minimum atomic E-state index is -3.63. The van der Waals surface area contributed by atoms with Crippen LogP contribution in [0, 0.1) is 12.7 Å². The molecule has 0 aliphatic carbocycles. The summed E-state index contributed by atoms with van der Waals surface area (Å²) in [7, 11) is -3.63. The standard InChI is InChI=1S/C20H22BrFN2O3S/c1-14-5-7-17(28(26,27)24-9-3-2-4-10-24)12-18(14)20(25)23-13-15-11-16(21)6-8-19(15)22/h5-8,11-12H,2-4,9-10,13H2,1H3,(H,23,25). The molecule has 0 radical (unpaired) electrons. The van der Waals surface area contributed by atoms with Gasteiger partial charge in [0.05, 0.1) is 4.90 Å². The Morgan fingerprint density at radius 2 is 1.86 bits per heavy atom. The number of nitrogens with one attached hydrogen (secondary N) is 1. The third-order valence-electron chi connectivity index (χ3n) is 4.85. The lowest BCUT2D eigenvalue weighted by atomic mass is 10.1. The van der Waals surface area contributed by atoms with E-state index in [1.165, 1.54) is 22.5 Å². The van der Waals surface area contributed by atoms with Crippen LogP contribution in [0.5, 0.6) is 0 Å². The zero-order valence-electron chi connectivity index (χ0n) is 15.5. The van der Waals surface area contributed by atoms with Crippen LogP contribution >= 0.6 is 15.9 Å². The molecule has 28 heavy (non-hydrogen) atoms. The van der Waals surface area contributed by atoms with Crippen LogP contribution in [0.25, 0.3) is 0 Å². The highest BCUT2D eigenvalue weighted by molar-refractivity contribution is 9.10. The number of rotatable bonds is 5. The number of aryl methyl sites for hydroxylation is 1. The number of nitrogens with zero attached hydrogens (tertiary/aromatic N) is 1. The summed E-state index contributed by atoms with van der Waals surface area (Å²) in [5, 5.41) is 2.67. The average molecular weight is 469 g/mol. The van der Waals surface area contributed by atoms with Gasteiger partial charge in [-0.25, -0.2) is 12.8 Å². The number of benzene rings is 2. The molecule has 1 aliphatic heterocycles. The summed E-state index contributed by atoms with van der Waals surface area (Å²) >= 11 is 3.28. The highest BCUT2D eigenvalue weighted by Crippen LogP contribution is 2.23. The summed E-state index contributed by atoms with van der Waals surface area (Å²) in [5.41, 5.74) is 1.27. The van der Waals surface area contributed by atoms with E-state index in [0.717, 1.165) is 19.3 Å². The molecule has 3 rings (SSSR count). The lowest BCUT2D eigenvalue weighted by Gasteiger charge is -2.26. The topological polar surface area (TPSA) is 66.5 Å². The van der Waals surface area contributed by atoms with Crippen LogP contribution in [0.3, 0.4) is 0 Å². The fourth-order valence-electron chi connectivity index (χ4n) is 3.21.